The highest BCUT2D eigenvalue weighted by atomic mass is 32.2. The molecule has 1 rings (SSSR count). The van der Waals surface area contributed by atoms with Crippen LogP contribution in [0.5, 0.6) is 0 Å². The van der Waals surface area contributed by atoms with Crippen LogP contribution >= 0.6 is 23.1 Å². The highest BCUT2D eigenvalue weighted by Crippen LogP contribution is 2.27. The molecule has 1 unspecified atom stereocenters. The predicted molar refractivity (Wildman–Crippen MR) is 94.4 cm³/mol. The van der Waals surface area contributed by atoms with Gasteiger partial charge in [0.2, 0.25) is 0 Å². The second-order valence-corrected chi connectivity index (χ2v) is 7.35. The fourth-order valence-corrected chi connectivity index (χ4v) is 3.59. The van der Waals surface area contributed by atoms with E-state index in [9.17, 15) is 4.79 Å². The van der Waals surface area contributed by atoms with Gasteiger partial charge in [0.15, 0.2) is 5.13 Å². The number of nitrogens with two attached hydrogens (primary N) is 1. The smallest absolute Gasteiger partial charge is 0.267 e. The van der Waals surface area contributed by atoms with E-state index in [1.54, 1.807) is 16.7 Å². The Kier molecular flexibility index (Phi) is 7.31. The van der Waals surface area contributed by atoms with Gasteiger partial charge in [0.25, 0.3) is 5.91 Å². The summed E-state index contributed by atoms with van der Waals surface area (Å²) < 4.78 is 0. The van der Waals surface area contributed by atoms with Crippen LogP contribution in [0.1, 0.15) is 36.9 Å². The lowest BCUT2D eigenvalue weighted by Crippen LogP contribution is -2.38. The molecule has 0 aliphatic heterocycles. The normalized spacial score (nSPS) is 12.5. The highest BCUT2D eigenvalue weighted by molar-refractivity contribution is 7.98. The van der Waals surface area contributed by atoms with Crippen molar-refractivity contribution in [2.45, 2.75) is 33.2 Å². The van der Waals surface area contributed by atoms with E-state index in [1.165, 1.54) is 11.3 Å². The summed E-state index contributed by atoms with van der Waals surface area (Å²) in [4.78, 5) is 19.1. The maximum atomic E-state index is 12.6. The Hall–Kier alpha value is -0.950. The number of nitrogen functional groups attached to an aromatic ring is 1. The zero-order valence-electron chi connectivity index (χ0n) is 13.5. The Bertz CT molecular complexity index is 462. The summed E-state index contributed by atoms with van der Waals surface area (Å²) in [5, 5.41) is 3.94. The number of carbonyl (C=O) groups is 1. The summed E-state index contributed by atoms with van der Waals surface area (Å²) in [7, 11) is 1.84. The third-order valence-corrected chi connectivity index (χ3v) is 4.94. The average Bonchev–Trinajstić information content (AvgIpc) is 2.82. The zero-order chi connectivity index (χ0) is 16.0. The van der Waals surface area contributed by atoms with E-state index in [1.807, 2.05) is 7.05 Å². The van der Waals surface area contributed by atoms with Crippen LogP contribution in [-0.4, -0.2) is 47.4 Å². The van der Waals surface area contributed by atoms with Gasteiger partial charge in [0, 0.05) is 25.4 Å². The molecule has 0 bridgehead atoms. The molecule has 0 aliphatic rings. The molecule has 0 spiro atoms. The molecule has 0 aromatic carbocycles. The van der Waals surface area contributed by atoms with Gasteiger partial charge in [0.05, 0.1) is 0 Å². The number of aromatic nitrogens is 1. The van der Waals surface area contributed by atoms with Crippen LogP contribution in [0.15, 0.2) is 0 Å². The van der Waals surface area contributed by atoms with Crippen molar-refractivity contribution in [2.75, 3.05) is 36.7 Å². The maximum absolute atomic E-state index is 12.6. The van der Waals surface area contributed by atoms with Gasteiger partial charge < -0.3 is 16.0 Å². The molecule has 5 nitrogen and oxygen atoms in total. The van der Waals surface area contributed by atoms with Gasteiger partial charge in [-0.2, -0.15) is 11.8 Å². The van der Waals surface area contributed by atoms with E-state index in [0.29, 0.717) is 16.6 Å². The first-order valence-electron chi connectivity index (χ1n) is 7.16. The van der Waals surface area contributed by atoms with Crippen LogP contribution in [0.4, 0.5) is 10.9 Å². The minimum atomic E-state index is -0.0384. The standard InChI is InChI=1S/C14H26N4OS2/c1-6-10(8-20-5)18(4)13(19)11-12(15)17-14(21-11)16-7-9(2)3/h9-10H,6-8,15H2,1-5H3,(H,16,17). The van der Waals surface area contributed by atoms with Crippen LogP contribution in [0, 0.1) is 5.92 Å². The molecule has 1 aromatic heterocycles. The molecular formula is C14H26N4OS2. The Morgan fingerprint density at radius 2 is 2.19 bits per heavy atom. The van der Waals surface area contributed by atoms with Gasteiger partial charge in [-0.3, -0.25) is 4.79 Å². The Morgan fingerprint density at radius 1 is 1.52 bits per heavy atom. The maximum Gasteiger partial charge on any atom is 0.267 e. The first-order valence-corrected chi connectivity index (χ1v) is 9.37. The fourth-order valence-electron chi connectivity index (χ4n) is 1.87. The minimum Gasteiger partial charge on any atom is -0.382 e. The van der Waals surface area contributed by atoms with Crippen LogP contribution in [0.2, 0.25) is 0 Å². The number of anilines is 2. The van der Waals surface area contributed by atoms with Crippen molar-refractivity contribution in [2.24, 2.45) is 5.92 Å². The lowest BCUT2D eigenvalue weighted by atomic mass is 10.2. The fraction of sp³-hybridized carbons (Fsp3) is 0.714. The van der Waals surface area contributed by atoms with Crippen molar-refractivity contribution < 1.29 is 4.79 Å². The largest absolute Gasteiger partial charge is 0.382 e. The summed E-state index contributed by atoms with van der Waals surface area (Å²) in [6, 6.07) is 0.223. The summed E-state index contributed by atoms with van der Waals surface area (Å²) in [6.45, 7) is 7.16. The van der Waals surface area contributed by atoms with E-state index >= 15 is 0 Å². The number of rotatable bonds is 8. The van der Waals surface area contributed by atoms with Gasteiger partial charge in [-0.25, -0.2) is 4.98 Å². The number of hydrogen-bond acceptors (Lipinski definition) is 6. The quantitative estimate of drug-likeness (QED) is 0.766. The van der Waals surface area contributed by atoms with Gasteiger partial charge in [-0.05, 0) is 18.6 Å². The molecule has 0 saturated heterocycles. The average molecular weight is 331 g/mol. The number of thioether (sulfide) groups is 1. The number of hydrogen-bond donors (Lipinski definition) is 2. The number of nitrogens with one attached hydrogen (secondary N) is 1. The molecule has 0 fully saturated rings. The predicted octanol–water partition coefficient (Wildman–Crippen LogP) is 3.01. The molecule has 120 valence electrons. The summed E-state index contributed by atoms with van der Waals surface area (Å²) in [5.74, 6) is 1.73. The number of thiazole rings is 1. The minimum absolute atomic E-state index is 0.0384. The monoisotopic (exact) mass is 330 g/mol. The van der Waals surface area contributed by atoms with E-state index in [-0.39, 0.29) is 11.9 Å². The molecule has 1 aromatic rings. The number of nitrogens with zero attached hydrogens (tertiary/aromatic N) is 2. The molecule has 0 saturated carbocycles. The Labute approximate surface area is 135 Å². The summed E-state index contributed by atoms with van der Waals surface area (Å²) in [5.41, 5.74) is 5.91. The SMILES string of the molecule is CCC(CSC)N(C)C(=O)c1sc(NCC(C)C)nc1N. The number of amides is 1. The van der Waals surface area contributed by atoms with E-state index < -0.39 is 0 Å². The molecule has 7 heteroatoms. The molecule has 0 aliphatic carbocycles. The van der Waals surface area contributed by atoms with Crippen molar-refractivity contribution in [1.82, 2.24) is 9.88 Å². The first kappa shape index (κ1) is 18.1. The molecular weight excluding hydrogens is 304 g/mol. The molecule has 0 radical (unpaired) electrons. The first-order chi connectivity index (χ1) is 9.90. The van der Waals surface area contributed by atoms with Crippen LogP contribution in [-0.2, 0) is 0 Å². The van der Waals surface area contributed by atoms with Crippen LogP contribution in [0.25, 0.3) is 0 Å². The van der Waals surface area contributed by atoms with Gasteiger partial charge in [-0.1, -0.05) is 32.1 Å². The van der Waals surface area contributed by atoms with Gasteiger partial charge in [0.1, 0.15) is 10.7 Å². The van der Waals surface area contributed by atoms with Crippen LogP contribution < -0.4 is 11.1 Å². The van der Waals surface area contributed by atoms with Crippen LogP contribution in [0.3, 0.4) is 0 Å². The molecule has 1 atom stereocenters. The Balaban J connectivity index is 2.81. The van der Waals surface area contributed by atoms with Crippen molar-refractivity contribution in [1.29, 1.82) is 0 Å². The van der Waals surface area contributed by atoms with Gasteiger partial charge >= 0.3 is 0 Å². The zero-order valence-corrected chi connectivity index (χ0v) is 15.1. The summed E-state index contributed by atoms with van der Waals surface area (Å²) in [6.07, 6.45) is 2.98. The molecule has 1 amide bonds. The van der Waals surface area contributed by atoms with Crippen molar-refractivity contribution in [3.05, 3.63) is 4.88 Å². The van der Waals surface area contributed by atoms with Gasteiger partial charge in [-0.15, -0.1) is 0 Å². The van der Waals surface area contributed by atoms with E-state index in [0.717, 1.165) is 23.8 Å². The Morgan fingerprint density at radius 3 is 2.71 bits per heavy atom. The third-order valence-electron chi connectivity index (χ3n) is 3.21. The highest BCUT2D eigenvalue weighted by Gasteiger charge is 2.24. The van der Waals surface area contributed by atoms with E-state index in [2.05, 4.69) is 37.3 Å². The van der Waals surface area contributed by atoms with Crippen molar-refractivity contribution in [3.63, 3.8) is 0 Å². The van der Waals surface area contributed by atoms with E-state index in [4.69, 9.17) is 5.73 Å². The number of carbonyl (C=O) groups excluding carboxylic acids is 1. The second kappa shape index (κ2) is 8.48. The molecule has 21 heavy (non-hydrogen) atoms. The lowest BCUT2D eigenvalue weighted by Gasteiger charge is -2.26. The summed E-state index contributed by atoms with van der Waals surface area (Å²) >= 11 is 3.08. The van der Waals surface area contributed by atoms with Crippen molar-refractivity contribution >= 4 is 40.0 Å². The van der Waals surface area contributed by atoms with Crippen molar-refractivity contribution in [3.8, 4) is 0 Å². The second-order valence-electron chi connectivity index (χ2n) is 5.44. The molecule has 3 N–H and O–H groups in total. The molecule has 1 heterocycles. The third kappa shape index (κ3) is 5.07. The topological polar surface area (TPSA) is 71.2 Å². The lowest BCUT2D eigenvalue weighted by molar-refractivity contribution is 0.0749.